The van der Waals surface area contributed by atoms with E-state index in [4.69, 9.17) is 11.6 Å². The highest BCUT2D eigenvalue weighted by Crippen LogP contribution is 2.35. The molecule has 1 amide bonds. The normalized spacial score (nSPS) is 16.0. The Hall–Kier alpha value is -3.12. The van der Waals surface area contributed by atoms with Crippen LogP contribution in [0.1, 0.15) is 18.5 Å². The third kappa shape index (κ3) is 2.84. The van der Waals surface area contributed by atoms with Crippen molar-refractivity contribution >= 4 is 29.1 Å². The van der Waals surface area contributed by atoms with E-state index in [0.717, 1.165) is 11.3 Å². The van der Waals surface area contributed by atoms with Crippen LogP contribution in [-0.4, -0.2) is 20.7 Å². The number of aromatic nitrogens is 3. The van der Waals surface area contributed by atoms with E-state index in [1.807, 2.05) is 49.4 Å². The third-order valence-corrected chi connectivity index (χ3v) is 4.61. The van der Waals surface area contributed by atoms with Crippen LogP contribution in [0.4, 0.5) is 11.6 Å². The number of para-hydroxylation sites is 1. The van der Waals surface area contributed by atoms with Crippen LogP contribution in [0, 0.1) is 0 Å². The minimum atomic E-state index is -0.377. The van der Waals surface area contributed by atoms with Gasteiger partial charge >= 0.3 is 0 Å². The number of amides is 1. The number of carbonyl (C=O) groups is 1. The monoisotopic (exact) mass is 365 g/mol. The molecule has 4 rings (SSSR count). The lowest BCUT2D eigenvalue weighted by atomic mass is 9.95. The van der Waals surface area contributed by atoms with E-state index in [1.54, 1.807) is 16.8 Å². The van der Waals surface area contributed by atoms with Gasteiger partial charge in [0.1, 0.15) is 12.4 Å². The van der Waals surface area contributed by atoms with Crippen LogP contribution in [0.15, 0.2) is 72.2 Å². The highest BCUT2D eigenvalue weighted by molar-refractivity contribution is 6.33. The Labute approximate surface area is 155 Å². The van der Waals surface area contributed by atoms with E-state index in [-0.39, 0.29) is 11.9 Å². The fourth-order valence-electron chi connectivity index (χ4n) is 3.08. The summed E-state index contributed by atoms with van der Waals surface area (Å²) in [6.45, 7) is 1.86. The number of anilines is 2. The summed E-state index contributed by atoms with van der Waals surface area (Å²) in [5, 5.41) is 10.8. The molecule has 1 unspecified atom stereocenters. The third-order valence-electron chi connectivity index (χ3n) is 4.28. The summed E-state index contributed by atoms with van der Waals surface area (Å²) in [6.07, 6.45) is 1.47. The van der Waals surface area contributed by atoms with E-state index >= 15 is 0 Å². The highest BCUT2D eigenvalue weighted by atomic mass is 35.5. The summed E-state index contributed by atoms with van der Waals surface area (Å²) < 4.78 is 1.71. The summed E-state index contributed by atoms with van der Waals surface area (Å²) >= 11 is 6.19. The van der Waals surface area contributed by atoms with Gasteiger partial charge in [0.2, 0.25) is 5.95 Å². The number of hydrogen-bond donors (Lipinski definition) is 2. The average molecular weight is 366 g/mol. The van der Waals surface area contributed by atoms with Gasteiger partial charge in [-0.2, -0.15) is 10.1 Å². The summed E-state index contributed by atoms with van der Waals surface area (Å²) in [4.78, 5) is 17.3. The molecule has 0 saturated carbocycles. The summed E-state index contributed by atoms with van der Waals surface area (Å²) in [7, 11) is 0. The number of fused-ring (bicyclic) bond motifs is 1. The van der Waals surface area contributed by atoms with Crippen molar-refractivity contribution in [3.05, 3.63) is 82.8 Å². The number of carbonyl (C=O) groups excluding carboxylic acids is 1. The molecule has 0 fully saturated rings. The molecule has 130 valence electrons. The zero-order valence-electron chi connectivity index (χ0n) is 14.0. The summed E-state index contributed by atoms with van der Waals surface area (Å²) in [6, 6.07) is 16.5. The van der Waals surface area contributed by atoms with Crippen LogP contribution >= 0.6 is 11.6 Å². The first-order chi connectivity index (χ1) is 12.6. The Morgan fingerprint density at radius 2 is 1.88 bits per heavy atom. The molecule has 0 spiro atoms. The first-order valence-corrected chi connectivity index (χ1v) is 8.51. The molecule has 0 bridgehead atoms. The molecule has 1 atom stereocenters. The number of benzene rings is 2. The molecule has 1 aliphatic rings. The van der Waals surface area contributed by atoms with Gasteiger partial charge in [-0.1, -0.05) is 54.1 Å². The number of nitrogens with one attached hydrogen (secondary N) is 2. The van der Waals surface area contributed by atoms with Gasteiger partial charge < -0.3 is 10.6 Å². The van der Waals surface area contributed by atoms with Gasteiger partial charge in [0.15, 0.2) is 0 Å². The Morgan fingerprint density at radius 1 is 1.15 bits per heavy atom. The minimum Gasteiger partial charge on any atom is -0.328 e. The topological polar surface area (TPSA) is 71.8 Å². The quantitative estimate of drug-likeness (QED) is 0.739. The molecule has 0 aliphatic carbocycles. The Kier molecular flexibility index (Phi) is 4.18. The standard InChI is InChI=1S/C19H16ClN5O/c1-12-16(18(26)24-15-10-6-5-9-14(15)20)17(13-7-3-2-4-8-13)25-19(23-12)21-11-22-25/h2-11,17H,1H3,(H,24,26)(H,21,22,23). The van der Waals surface area contributed by atoms with Crippen molar-refractivity contribution in [2.75, 3.05) is 10.6 Å². The minimum absolute atomic E-state index is 0.238. The molecule has 26 heavy (non-hydrogen) atoms. The lowest BCUT2D eigenvalue weighted by Crippen LogP contribution is -2.31. The number of rotatable bonds is 3. The Balaban J connectivity index is 1.77. The second-order valence-electron chi connectivity index (χ2n) is 5.94. The lowest BCUT2D eigenvalue weighted by molar-refractivity contribution is -0.113. The SMILES string of the molecule is CC1=C(C(=O)Nc2ccccc2Cl)C(c2ccccc2)n2ncnc2N1. The maximum absolute atomic E-state index is 13.1. The number of halogens is 1. The molecule has 7 heteroatoms. The summed E-state index contributed by atoms with van der Waals surface area (Å²) in [5.41, 5.74) is 2.80. The zero-order chi connectivity index (χ0) is 18.1. The maximum Gasteiger partial charge on any atom is 0.255 e. The molecule has 0 saturated heterocycles. The van der Waals surface area contributed by atoms with Crippen LogP contribution in [0.2, 0.25) is 5.02 Å². The summed E-state index contributed by atoms with van der Waals surface area (Å²) in [5.74, 6) is 0.365. The maximum atomic E-state index is 13.1. The van der Waals surface area contributed by atoms with Crippen molar-refractivity contribution in [1.29, 1.82) is 0 Å². The van der Waals surface area contributed by atoms with Crippen molar-refractivity contribution in [3.8, 4) is 0 Å². The molecule has 0 radical (unpaired) electrons. The van der Waals surface area contributed by atoms with Crippen LogP contribution in [0.5, 0.6) is 0 Å². The van der Waals surface area contributed by atoms with E-state index in [2.05, 4.69) is 20.7 Å². The number of nitrogens with zero attached hydrogens (tertiary/aromatic N) is 3. The van der Waals surface area contributed by atoms with Crippen LogP contribution in [0.3, 0.4) is 0 Å². The molecule has 1 aromatic heterocycles. The molecular weight excluding hydrogens is 350 g/mol. The van der Waals surface area contributed by atoms with Gasteiger partial charge in [0.05, 0.1) is 16.3 Å². The predicted octanol–water partition coefficient (Wildman–Crippen LogP) is 3.86. The second-order valence-corrected chi connectivity index (χ2v) is 6.35. The average Bonchev–Trinajstić information content (AvgIpc) is 3.11. The fraction of sp³-hybridized carbons (Fsp3) is 0.105. The van der Waals surface area contributed by atoms with E-state index < -0.39 is 0 Å². The van der Waals surface area contributed by atoms with Crippen LogP contribution < -0.4 is 10.6 Å². The van der Waals surface area contributed by atoms with Gasteiger partial charge in [-0.15, -0.1) is 0 Å². The van der Waals surface area contributed by atoms with E-state index in [0.29, 0.717) is 22.2 Å². The van der Waals surface area contributed by atoms with Gasteiger partial charge in [-0.3, -0.25) is 4.79 Å². The van der Waals surface area contributed by atoms with Crippen molar-refractivity contribution in [1.82, 2.24) is 14.8 Å². The van der Waals surface area contributed by atoms with Crippen LogP contribution in [0.25, 0.3) is 0 Å². The first kappa shape index (κ1) is 16.4. The molecule has 1 aliphatic heterocycles. The second kappa shape index (κ2) is 6.65. The molecule has 3 aromatic rings. The molecule has 2 heterocycles. The molecule has 6 nitrogen and oxygen atoms in total. The van der Waals surface area contributed by atoms with Crippen molar-refractivity contribution in [2.45, 2.75) is 13.0 Å². The molecular formula is C19H16ClN5O. The highest BCUT2D eigenvalue weighted by Gasteiger charge is 2.33. The molecule has 2 N–H and O–H groups in total. The van der Waals surface area contributed by atoms with Gasteiger partial charge in [-0.25, -0.2) is 4.68 Å². The largest absolute Gasteiger partial charge is 0.328 e. The Bertz CT molecular complexity index is 996. The smallest absolute Gasteiger partial charge is 0.255 e. The van der Waals surface area contributed by atoms with Gasteiger partial charge in [0.25, 0.3) is 5.91 Å². The fourth-order valence-corrected chi connectivity index (χ4v) is 3.26. The number of hydrogen-bond acceptors (Lipinski definition) is 4. The van der Waals surface area contributed by atoms with Crippen molar-refractivity contribution in [2.24, 2.45) is 0 Å². The van der Waals surface area contributed by atoms with Gasteiger partial charge in [-0.05, 0) is 24.6 Å². The lowest BCUT2D eigenvalue weighted by Gasteiger charge is -2.28. The van der Waals surface area contributed by atoms with E-state index in [1.165, 1.54) is 6.33 Å². The van der Waals surface area contributed by atoms with Crippen molar-refractivity contribution < 1.29 is 4.79 Å². The van der Waals surface area contributed by atoms with Crippen molar-refractivity contribution in [3.63, 3.8) is 0 Å². The molecule has 2 aromatic carbocycles. The zero-order valence-corrected chi connectivity index (χ0v) is 14.7. The van der Waals surface area contributed by atoms with Crippen LogP contribution in [-0.2, 0) is 4.79 Å². The van der Waals surface area contributed by atoms with Gasteiger partial charge in [0, 0.05) is 5.70 Å². The first-order valence-electron chi connectivity index (χ1n) is 8.13. The predicted molar refractivity (Wildman–Crippen MR) is 101 cm³/mol. The van der Waals surface area contributed by atoms with E-state index in [9.17, 15) is 4.79 Å². The Morgan fingerprint density at radius 3 is 2.65 bits per heavy atom. The number of allylic oxidation sites excluding steroid dienone is 1.